The Bertz CT molecular complexity index is 1930. The number of halogens is 2. The first-order valence-corrected chi connectivity index (χ1v) is 21.5. The number of rotatable bonds is 5. The van der Waals surface area contributed by atoms with Crippen LogP contribution in [-0.4, -0.2) is 3.71 Å². The van der Waals surface area contributed by atoms with Gasteiger partial charge in [0.1, 0.15) is 0 Å². The van der Waals surface area contributed by atoms with Crippen LogP contribution < -0.4 is 28.1 Å². The smallest absolute Gasteiger partial charge is 1.00 e. The molecule has 0 aliphatic heterocycles. The topological polar surface area (TPSA) is 0 Å². The molecule has 3 heteroatoms. The zero-order valence-electron chi connectivity index (χ0n) is 31.0. The summed E-state index contributed by atoms with van der Waals surface area (Å²) in [5.41, 5.74) is 14.0. The molecule has 0 amide bonds. The maximum Gasteiger partial charge on any atom is -1.00 e. The average molecular weight is 757 g/mol. The van der Waals surface area contributed by atoms with Gasteiger partial charge >= 0.3 is 289 Å². The van der Waals surface area contributed by atoms with E-state index in [2.05, 4.69) is 159 Å². The number of hydrogen-bond acceptors (Lipinski definition) is 0. The zero-order valence-corrected chi connectivity index (χ0v) is 35.0. The molecule has 0 N–H and O–H groups in total. The van der Waals surface area contributed by atoms with Crippen LogP contribution in [0.5, 0.6) is 0 Å². The third-order valence-corrected chi connectivity index (χ3v) is 17.5. The Balaban J connectivity index is 0.00000260. The fraction of sp³-hybridized carbons (Fsp3) is 0.400. The second-order valence-corrected chi connectivity index (χ2v) is 22.2. The van der Waals surface area contributed by atoms with Gasteiger partial charge in [0.2, 0.25) is 0 Å². The summed E-state index contributed by atoms with van der Waals surface area (Å²) in [5.74, 6) is 0.523. The summed E-state index contributed by atoms with van der Waals surface area (Å²) < 4.78 is 6.36. The first kappa shape index (κ1) is 38.8. The minimum atomic E-state index is -2.71. The van der Waals surface area contributed by atoms with Crippen molar-refractivity contribution in [1.82, 2.24) is 0 Å². The van der Waals surface area contributed by atoms with Crippen molar-refractivity contribution in [3.63, 3.8) is 0 Å². The molecule has 0 heterocycles. The van der Waals surface area contributed by atoms with E-state index < -0.39 is 21.3 Å². The molecule has 4 aromatic carbocycles. The van der Waals surface area contributed by atoms with E-state index in [4.69, 9.17) is 0 Å². The molecule has 0 spiro atoms. The van der Waals surface area contributed by atoms with Crippen LogP contribution in [0, 0.1) is 11.3 Å². The summed E-state index contributed by atoms with van der Waals surface area (Å²) in [6.45, 7) is 26.3. The summed E-state index contributed by atoms with van der Waals surface area (Å²) >= 11 is -2.71. The van der Waals surface area contributed by atoms with Gasteiger partial charge in [0.25, 0.3) is 0 Å². The minimum Gasteiger partial charge on any atom is -1.00 e. The molecule has 6 rings (SSSR count). The SMILES string of the molecule is CCC1=[C]([Zr+2](=[CH]c2cccc3ccccc23)[c]2cc(C(C)(C)C)cc3c2Cc2ccc(C(C)(C)C)cc2-3)C(CC)C=C1C(C)(C)C.[Cl-].[Cl-]. The largest absolute Gasteiger partial charge is 1.00 e. The Morgan fingerprint density at radius 1 is 0.708 bits per heavy atom. The van der Waals surface area contributed by atoms with E-state index in [-0.39, 0.29) is 41.1 Å². The van der Waals surface area contributed by atoms with E-state index in [1.165, 1.54) is 50.6 Å². The van der Waals surface area contributed by atoms with Gasteiger partial charge in [0.15, 0.2) is 0 Å². The molecule has 48 heavy (non-hydrogen) atoms. The van der Waals surface area contributed by atoms with Crippen LogP contribution in [0.4, 0.5) is 0 Å². The van der Waals surface area contributed by atoms with Crippen molar-refractivity contribution in [2.75, 3.05) is 0 Å². The van der Waals surface area contributed by atoms with Crippen molar-refractivity contribution in [1.29, 1.82) is 0 Å². The Kier molecular flexibility index (Phi) is 11.5. The average Bonchev–Trinajstić information content (AvgIpc) is 3.57. The van der Waals surface area contributed by atoms with E-state index in [0.29, 0.717) is 5.92 Å². The molecule has 252 valence electrons. The fourth-order valence-corrected chi connectivity index (χ4v) is 16.0. The van der Waals surface area contributed by atoms with Crippen molar-refractivity contribution in [3.8, 4) is 11.1 Å². The summed E-state index contributed by atoms with van der Waals surface area (Å²) in [7, 11) is 0. The van der Waals surface area contributed by atoms with Gasteiger partial charge in [-0.25, -0.2) is 0 Å². The first-order valence-electron chi connectivity index (χ1n) is 17.6. The van der Waals surface area contributed by atoms with Gasteiger partial charge in [0.05, 0.1) is 0 Å². The van der Waals surface area contributed by atoms with Crippen molar-refractivity contribution in [3.05, 3.63) is 121 Å². The quantitative estimate of drug-likeness (QED) is 0.214. The Labute approximate surface area is 311 Å². The van der Waals surface area contributed by atoms with Crippen LogP contribution in [-0.2, 0) is 38.5 Å². The van der Waals surface area contributed by atoms with Crippen molar-refractivity contribution in [2.45, 2.75) is 106 Å². The van der Waals surface area contributed by atoms with E-state index in [0.717, 1.165) is 12.8 Å². The van der Waals surface area contributed by atoms with Gasteiger partial charge in [-0.2, -0.15) is 0 Å². The van der Waals surface area contributed by atoms with Crippen LogP contribution in [0.15, 0.2) is 93.3 Å². The number of fused-ring (bicyclic) bond motifs is 4. The normalized spacial score (nSPS) is 16.0. The summed E-state index contributed by atoms with van der Waals surface area (Å²) in [6.07, 6.45) is 6.01. The molecule has 4 aromatic rings. The number of hydrogen-bond donors (Lipinski definition) is 0. The molecule has 2 aliphatic carbocycles. The molecule has 1 unspecified atom stereocenters. The van der Waals surface area contributed by atoms with Gasteiger partial charge in [-0.3, -0.25) is 0 Å². The second kappa shape index (κ2) is 14.3. The van der Waals surface area contributed by atoms with Crippen LogP contribution in [0.1, 0.15) is 117 Å². The standard InChI is InChI=1S/C21H25.C13H21.C11H8.2ClH.Zr/c1-20(2,3)16-9-7-14-11-15-8-10-17(21(4,5)6)13-19(15)18(14)12-16;1-6-10-8-11(7-2)12(9-10)13(3,4)5;1-9-5-4-7-10-6-2-3-8-11(9)10;;;/h7,9-10,12-13H,11H2,1-6H3;9-10H,6-7H2,1-5H3;1-8H;2*1H;/q;;;;;+2/p-2. The maximum atomic E-state index is 2.84. The molecule has 0 aromatic heterocycles. The molecule has 0 bridgehead atoms. The van der Waals surface area contributed by atoms with Crippen molar-refractivity contribution in [2.24, 2.45) is 11.3 Å². The van der Waals surface area contributed by atoms with E-state index in [1.807, 2.05) is 3.28 Å². The minimum absolute atomic E-state index is 0. The van der Waals surface area contributed by atoms with Crippen LogP contribution >= 0.6 is 0 Å². The van der Waals surface area contributed by atoms with Crippen LogP contribution in [0.25, 0.3) is 21.9 Å². The molecule has 0 radical (unpaired) electrons. The molecular weight excluding hydrogens is 703 g/mol. The third kappa shape index (κ3) is 7.22. The Hall–Kier alpha value is -2.05. The number of allylic oxidation sites excluding steroid dienone is 4. The fourth-order valence-electron chi connectivity index (χ4n) is 7.77. The summed E-state index contributed by atoms with van der Waals surface area (Å²) in [5, 5.41) is 2.73. The molecule has 0 saturated carbocycles. The molecule has 2 aliphatic rings. The molecule has 0 fully saturated rings. The van der Waals surface area contributed by atoms with E-state index >= 15 is 0 Å². The maximum absolute atomic E-state index is 2.84. The predicted molar refractivity (Wildman–Crippen MR) is 199 cm³/mol. The van der Waals surface area contributed by atoms with Crippen LogP contribution in [0.2, 0.25) is 0 Å². The second-order valence-electron chi connectivity index (χ2n) is 16.8. The van der Waals surface area contributed by atoms with Gasteiger partial charge in [-0.15, -0.1) is 0 Å². The van der Waals surface area contributed by atoms with Gasteiger partial charge in [-0.1, -0.05) is 0 Å². The molecule has 1 atom stereocenters. The zero-order chi connectivity index (χ0) is 33.2. The van der Waals surface area contributed by atoms with Crippen molar-refractivity contribution >= 4 is 17.8 Å². The first-order chi connectivity index (χ1) is 21.6. The molecule has 0 saturated heterocycles. The predicted octanol–water partition coefficient (Wildman–Crippen LogP) is 5.78. The molecule has 0 nitrogen and oxygen atoms in total. The molecular formula is C45H54Cl2Zr. The third-order valence-electron chi connectivity index (χ3n) is 10.4. The van der Waals surface area contributed by atoms with Gasteiger partial charge < -0.3 is 24.8 Å². The van der Waals surface area contributed by atoms with Crippen LogP contribution in [0.3, 0.4) is 0 Å². The monoisotopic (exact) mass is 754 g/mol. The Morgan fingerprint density at radius 2 is 1.35 bits per heavy atom. The van der Waals surface area contributed by atoms with E-state index in [1.54, 1.807) is 20.0 Å². The van der Waals surface area contributed by atoms with Gasteiger partial charge in [-0.05, 0) is 0 Å². The van der Waals surface area contributed by atoms with Crippen molar-refractivity contribution < 1.29 is 46.1 Å². The van der Waals surface area contributed by atoms with E-state index in [9.17, 15) is 0 Å². The van der Waals surface area contributed by atoms with Gasteiger partial charge in [0, 0.05) is 0 Å². The Morgan fingerprint density at radius 3 is 1.98 bits per heavy atom. The summed E-state index contributed by atoms with van der Waals surface area (Å²) in [6, 6.07) is 28.5. The number of benzene rings is 4. The summed E-state index contributed by atoms with van der Waals surface area (Å²) in [4.78, 5) is 0.